The zero-order valence-electron chi connectivity index (χ0n) is 19.9. The van der Waals surface area contributed by atoms with Gasteiger partial charge in [0.25, 0.3) is 5.91 Å². The van der Waals surface area contributed by atoms with Crippen molar-refractivity contribution in [3.63, 3.8) is 0 Å². The van der Waals surface area contributed by atoms with E-state index in [4.69, 9.17) is 4.98 Å². The van der Waals surface area contributed by atoms with E-state index in [-0.39, 0.29) is 11.4 Å². The van der Waals surface area contributed by atoms with Crippen molar-refractivity contribution >= 4 is 22.9 Å². The largest absolute Gasteiger partial charge is 0.351 e. The Kier molecular flexibility index (Phi) is 5.53. The second kappa shape index (κ2) is 8.55. The van der Waals surface area contributed by atoms with Gasteiger partial charge in [-0.15, -0.1) is 0 Å². The van der Waals surface area contributed by atoms with Gasteiger partial charge in [0.05, 0.1) is 5.54 Å². The van der Waals surface area contributed by atoms with Crippen molar-refractivity contribution in [3.8, 4) is 0 Å². The van der Waals surface area contributed by atoms with Crippen LogP contribution in [0.3, 0.4) is 0 Å². The molecular formula is C25H37N7O. The number of nitrogens with zero attached hydrogens (tertiary/aromatic N) is 5. The van der Waals surface area contributed by atoms with Crippen molar-refractivity contribution in [2.75, 3.05) is 45.1 Å². The Morgan fingerprint density at radius 3 is 2.58 bits per heavy atom. The fraction of sp³-hybridized carbons (Fsp3) is 0.720. The molecule has 0 radical (unpaired) electrons. The van der Waals surface area contributed by atoms with E-state index < -0.39 is 0 Å². The van der Waals surface area contributed by atoms with Crippen LogP contribution >= 0.6 is 0 Å². The molecule has 4 aliphatic rings. The Morgan fingerprint density at radius 1 is 1.06 bits per heavy atom. The SMILES string of the molecule is CN1CCN([C@H]2CC[C@@H](Nc3ncc4cc5n(c4n3)C3(CCCCC3)CNC5=O)CC2)CC1. The molecule has 2 aliphatic heterocycles. The highest BCUT2D eigenvalue weighted by molar-refractivity contribution is 5.99. The molecular weight excluding hydrogens is 414 g/mol. The monoisotopic (exact) mass is 451 g/mol. The predicted molar refractivity (Wildman–Crippen MR) is 130 cm³/mol. The minimum atomic E-state index is -0.0323. The normalized spacial score (nSPS) is 28.6. The number of piperazine rings is 1. The van der Waals surface area contributed by atoms with Gasteiger partial charge in [-0.2, -0.15) is 4.98 Å². The number of fused-ring (bicyclic) bond motifs is 4. The Bertz CT molecular complexity index is 1010. The predicted octanol–water partition coefficient (Wildman–Crippen LogP) is 2.80. The maximum atomic E-state index is 12.7. The van der Waals surface area contributed by atoms with Crippen molar-refractivity contribution in [3.05, 3.63) is 18.0 Å². The molecule has 3 fully saturated rings. The third-order valence-electron chi connectivity index (χ3n) is 8.69. The van der Waals surface area contributed by atoms with Gasteiger partial charge in [-0.05, 0) is 51.6 Å². The van der Waals surface area contributed by atoms with Gasteiger partial charge in [-0.25, -0.2) is 4.98 Å². The van der Waals surface area contributed by atoms with Crippen LogP contribution in [0.15, 0.2) is 12.3 Å². The van der Waals surface area contributed by atoms with E-state index >= 15 is 0 Å². The van der Waals surface area contributed by atoms with Gasteiger partial charge in [0.15, 0.2) is 0 Å². The molecule has 4 heterocycles. The van der Waals surface area contributed by atoms with Gasteiger partial charge in [0.2, 0.25) is 5.95 Å². The van der Waals surface area contributed by atoms with E-state index in [1.54, 1.807) is 0 Å². The first-order chi connectivity index (χ1) is 16.1. The first-order valence-corrected chi connectivity index (χ1v) is 13.0. The molecule has 1 saturated heterocycles. The maximum Gasteiger partial charge on any atom is 0.268 e. The lowest BCUT2D eigenvalue weighted by Gasteiger charge is -2.43. The second-order valence-corrected chi connectivity index (χ2v) is 10.8. The molecule has 2 saturated carbocycles. The average Bonchev–Trinajstić information content (AvgIpc) is 3.24. The van der Waals surface area contributed by atoms with Crippen LogP contribution in [0.5, 0.6) is 0 Å². The summed E-state index contributed by atoms with van der Waals surface area (Å²) in [4.78, 5) is 27.4. The van der Waals surface area contributed by atoms with Crippen molar-refractivity contribution in [1.29, 1.82) is 0 Å². The van der Waals surface area contributed by atoms with E-state index in [0.29, 0.717) is 18.5 Å². The summed E-state index contributed by atoms with van der Waals surface area (Å²) in [5.41, 5.74) is 1.64. The lowest BCUT2D eigenvalue weighted by Crippen LogP contribution is -2.52. The summed E-state index contributed by atoms with van der Waals surface area (Å²) < 4.78 is 2.26. The van der Waals surface area contributed by atoms with Gasteiger partial charge in [0.1, 0.15) is 11.3 Å². The summed E-state index contributed by atoms with van der Waals surface area (Å²) in [5.74, 6) is 0.726. The number of nitrogens with one attached hydrogen (secondary N) is 2. The lowest BCUT2D eigenvalue weighted by atomic mass is 9.80. The molecule has 0 aromatic carbocycles. The second-order valence-electron chi connectivity index (χ2n) is 10.8. The molecule has 6 rings (SSSR count). The van der Waals surface area contributed by atoms with Gasteiger partial charge in [-0.3, -0.25) is 9.69 Å². The molecule has 0 unspecified atom stereocenters. The van der Waals surface area contributed by atoms with Gasteiger partial charge >= 0.3 is 0 Å². The minimum absolute atomic E-state index is 0.0148. The van der Waals surface area contributed by atoms with Crippen LogP contribution in [0.4, 0.5) is 5.95 Å². The summed E-state index contributed by atoms with van der Waals surface area (Å²) in [5, 5.41) is 7.75. The molecule has 2 aliphatic carbocycles. The summed E-state index contributed by atoms with van der Waals surface area (Å²) in [6.45, 7) is 5.49. The third kappa shape index (κ3) is 3.91. The van der Waals surface area contributed by atoms with Crippen LogP contribution in [-0.2, 0) is 5.54 Å². The highest BCUT2D eigenvalue weighted by Crippen LogP contribution is 2.40. The first-order valence-electron chi connectivity index (χ1n) is 13.0. The Morgan fingerprint density at radius 2 is 1.82 bits per heavy atom. The number of anilines is 1. The van der Waals surface area contributed by atoms with Crippen molar-refractivity contribution in [2.24, 2.45) is 0 Å². The molecule has 0 atom stereocenters. The number of carbonyl (C=O) groups is 1. The van der Waals surface area contributed by atoms with E-state index in [2.05, 4.69) is 37.0 Å². The summed E-state index contributed by atoms with van der Waals surface area (Å²) in [6.07, 6.45) is 12.6. The van der Waals surface area contributed by atoms with Crippen LogP contribution in [0.25, 0.3) is 11.0 Å². The quantitative estimate of drug-likeness (QED) is 0.747. The molecule has 2 N–H and O–H groups in total. The average molecular weight is 452 g/mol. The van der Waals surface area contributed by atoms with Crippen LogP contribution in [-0.4, -0.2) is 82.1 Å². The van der Waals surface area contributed by atoms with E-state index in [9.17, 15) is 4.79 Å². The zero-order chi connectivity index (χ0) is 22.4. The molecule has 178 valence electrons. The molecule has 8 nitrogen and oxygen atoms in total. The topological polar surface area (TPSA) is 78.3 Å². The fourth-order valence-corrected chi connectivity index (χ4v) is 6.69. The summed E-state index contributed by atoms with van der Waals surface area (Å²) in [7, 11) is 2.22. The van der Waals surface area contributed by atoms with Crippen molar-refractivity contribution in [1.82, 2.24) is 29.7 Å². The van der Waals surface area contributed by atoms with Crippen LogP contribution < -0.4 is 10.6 Å². The number of hydrogen-bond donors (Lipinski definition) is 2. The molecule has 33 heavy (non-hydrogen) atoms. The number of amides is 1. The van der Waals surface area contributed by atoms with Gasteiger partial charge in [0, 0.05) is 56.4 Å². The van der Waals surface area contributed by atoms with Crippen LogP contribution in [0, 0.1) is 0 Å². The van der Waals surface area contributed by atoms with Crippen LogP contribution in [0.2, 0.25) is 0 Å². The Hall–Kier alpha value is -2.19. The van der Waals surface area contributed by atoms with E-state index in [1.165, 1.54) is 58.3 Å². The van der Waals surface area contributed by atoms with E-state index in [0.717, 1.165) is 48.5 Å². The third-order valence-corrected chi connectivity index (χ3v) is 8.69. The molecule has 2 aromatic rings. The molecule has 1 spiro atoms. The lowest BCUT2D eigenvalue weighted by molar-refractivity contribution is 0.0833. The molecule has 1 amide bonds. The summed E-state index contributed by atoms with van der Waals surface area (Å²) >= 11 is 0. The fourth-order valence-electron chi connectivity index (χ4n) is 6.69. The molecule has 2 aromatic heterocycles. The summed E-state index contributed by atoms with van der Waals surface area (Å²) in [6, 6.07) is 3.13. The highest BCUT2D eigenvalue weighted by Gasteiger charge is 2.41. The smallest absolute Gasteiger partial charge is 0.268 e. The standard InChI is InChI=1S/C25H37N7O/c1-30-11-13-31(14-12-30)20-7-5-19(6-8-20)28-24-26-16-18-15-21-23(33)27-17-25(9-3-2-4-10-25)32(21)22(18)29-24/h15-16,19-20H,2-14,17H2,1H3,(H,27,33)(H,26,28,29)/t19-,20+. The molecule has 8 heteroatoms. The maximum absolute atomic E-state index is 12.7. The number of aromatic nitrogens is 3. The number of likely N-dealkylation sites (N-methyl/N-ethyl adjacent to an activating group) is 1. The highest BCUT2D eigenvalue weighted by atomic mass is 16.2. The Labute approximate surface area is 196 Å². The van der Waals surface area contributed by atoms with Crippen molar-refractivity contribution in [2.45, 2.75) is 75.4 Å². The minimum Gasteiger partial charge on any atom is -0.351 e. The van der Waals surface area contributed by atoms with E-state index in [1.807, 2.05) is 12.3 Å². The van der Waals surface area contributed by atoms with Crippen LogP contribution in [0.1, 0.15) is 68.3 Å². The Balaban J connectivity index is 1.19. The molecule has 0 bridgehead atoms. The van der Waals surface area contributed by atoms with Gasteiger partial charge < -0.3 is 20.1 Å². The first kappa shape index (κ1) is 21.4. The number of hydrogen-bond acceptors (Lipinski definition) is 6. The zero-order valence-corrected chi connectivity index (χ0v) is 19.9. The van der Waals surface area contributed by atoms with Gasteiger partial charge in [-0.1, -0.05) is 19.3 Å². The van der Waals surface area contributed by atoms with Crippen molar-refractivity contribution < 1.29 is 4.79 Å². The number of rotatable bonds is 3. The number of carbonyl (C=O) groups excluding carboxylic acids is 1.